The largest absolute Gasteiger partial charge is 0.233 e. The first-order valence-corrected chi connectivity index (χ1v) is 6.50. The highest BCUT2D eigenvalue weighted by atomic mass is 14.9. The number of nitrogens with zero attached hydrogens (tertiary/aromatic N) is 2. The Bertz CT molecular complexity index is 560. The number of rotatable bonds is 2. The molecule has 1 aromatic heterocycles. The second-order valence-electron chi connectivity index (χ2n) is 5.61. The Kier molecular flexibility index (Phi) is 2.47. The highest BCUT2D eigenvalue weighted by Crippen LogP contribution is 2.47. The van der Waals surface area contributed by atoms with E-state index in [1.165, 1.54) is 18.4 Å². The molecule has 2 heteroatoms. The fourth-order valence-electron chi connectivity index (χ4n) is 2.35. The topological polar surface area (TPSA) is 25.8 Å². The first-order valence-electron chi connectivity index (χ1n) is 6.50. The number of benzene rings is 1. The van der Waals surface area contributed by atoms with Gasteiger partial charge in [-0.05, 0) is 43.7 Å². The molecule has 0 bridgehead atoms. The van der Waals surface area contributed by atoms with Gasteiger partial charge in [0.2, 0.25) is 0 Å². The van der Waals surface area contributed by atoms with Gasteiger partial charge in [-0.2, -0.15) is 0 Å². The minimum absolute atomic E-state index is 0.432. The van der Waals surface area contributed by atoms with Crippen molar-refractivity contribution in [1.29, 1.82) is 0 Å². The monoisotopic (exact) mass is 238 g/mol. The molecule has 0 N–H and O–H groups in total. The summed E-state index contributed by atoms with van der Waals surface area (Å²) in [5, 5.41) is 0. The van der Waals surface area contributed by atoms with E-state index in [-0.39, 0.29) is 0 Å². The van der Waals surface area contributed by atoms with Gasteiger partial charge in [-0.1, -0.05) is 31.2 Å². The second-order valence-corrected chi connectivity index (χ2v) is 5.61. The van der Waals surface area contributed by atoms with Gasteiger partial charge in [0, 0.05) is 17.0 Å². The van der Waals surface area contributed by atoms with Crippen molar-refractivity contribution in [2.75, 3.05) is 0 Å². The lowest BCUT2D eigenvalue weighted by molar-refractivity contribution is 0.788. The van der Waals surface area contributed by atoms with E-state index in [2.05, 4.69) is 41.2 Å². The molecule has 2 nitrogen and oxygen atoms in total. The van der Waals surface area contributed by atoms with Gasteiger partial charge < -0.3 is 0 Å². The number of aromatic nitrogens is 2. The summed E-state index contributed by atoms with van der Waals surface area (Å²) < 4.78 is 0. The van der Waals surface area contributed by atoms with Crippen molar-refractivity contribution in [3.63, 3.8) is 0 Å². The average molecular weight is 238 g/mol. The SMILES string of the molecule is Cc1cc(C)nc(-c2ccc(C3(C)CC3)cc2)n1. The summed E-state index contributed by atoms with van der Waals surface area (Å²) in [6.45, 7) is 6.35. The Morgan fingerprint density at radius 3 is 2.00 bits per heavy atom. The van der Waals surface area contributed by atoms with E-state index in [0.717, 1.165) is 22.8 Å². The van der Waals surface area contributed by atoms with E-state index in [0.29, 0.717) is 5.41 Å². The summed E-state index contributed by atoms with van der Waals surface area (Å²) >= 11 is 0. The van der Waals surface area contributed by atoms with E-state index in [4.69, 9.17) is 0 Å². The van der Waals surface area contributed by atoms with Crippen LogP contribution < -0.4 is 0 Å². The zero-order valence-corrected chi connectivity index (χ0v) is 11.2. The summed E-state index contributed by atoms with van der Waals surface area (Å²) in [5.74, 6) is 0.833. The van der Waals surface area contributed by atoms with Gasteiger partial charge in [0.25, 0.3) is 0 Å². The molecular weight excluding hydrogens is 220 g/mol. The zero-order chi connectivity index (χ0) is 12.8. The molecule has 92 valence electrons. The normalized spacial score (nSPS) is 16.6. The maximum atomic E-state index is 4.50. The molecule has 3 rings (SSSR count). The van der Waals surface area contributed by atoms with Crippen molar-refractivity contribution in [3.05, 3.63) is 47.3 Å². The predicted octanol–water partition coefficient (Wildman–Crippen LogP) is 3.81. The minimum Gasteiger partial charge on any atom is -0.233 e. The van der Waals surface area contributed by atoms with Gasteiger partial charge in [-0.3, -0.25) is 0 Å². The average Bonchev–Trinajstić information content (AvgIpc) is 3.08. The number of aryl methyl sites for hydroxylation is 2. The lowest BCUT2D eigenvalue weighted by Crippen LogP contribution is -1.99. The molecule has 1 aliphatic carbocycles. The van der Waals surface area contributed by atoms with Crippen molar-refractivity contribution < 1.29 is 0 Å². The van der Waals surface area contributed by atoms with Crippen molar-refractivity contribution >= 4 is 0 Å². The fraction of sp³-hybridized carbons (Fsp3) is 0.375. The van der Waals surface area contributed by atoms with Crippen LogP contribution >= 0.6 is 0 Å². The molecule has 1 aliphatic rings. The number of hydrogen-bond donors (Lipinski definition) is 0. The van der Waals surface area contributed by atoms with E-state index in [1.54, 1.807) is 0 Å². The minimum atomic E-state index is 0.432. The van der Waals surface area contributed by atoms with E-state index < -0.39 is 0 Å². The van der Waals surface area contributed by atoms with Crippen LogP contribution in [0, 0.1) is 13.8 Å². The van der Waals surface area contributed by atoms with Crippen LogP contribution in [0.5, 0.6) is 0 Å². The van der Waals surface area contributed by atoms with E-state index in [9.17, 15) is 0 Å². The highest BCUT2D eigenvalue weighted by molar-refractivity contribution is 5.56. The van der Waals surface area contributed by atoms with Crippen LogP contribution in [0.1, 0.15) is 36.7 Å². The summed E-state index contributed by atoms with van der Waals surface area (Å²) in [7, 11) is 0. The van der Waals surface area contributed by atoms with Gasteiger partial charge in [-0.25, -0.2) is 9.97 Å². The molecule has 0 amide bonds. The Morgan fingerprint density at radius 2 is 1.50 bits per heavy atom. The first-order chi connectivity index (χ1) is 8.57. The third-order valence-corrected chi connectivity index (χ3v) is 3.82. The lowest BCUT2D eigenvalue weighted by atomic mass is 9.97. The quantitative estimate of drug-likeness (QED) is 0.795. The smallest absolute Gasteiger partial charge is 0.159 e. The van der Waals surface area contributed by atoms with Gasteiger partial charge in [0.15, 0.2) is 5.82 Å². The van der Waals surface area contributed by atoms with Crippen LogP contribution in [0.15, 0.2) is 30.3 Å². The maximum Gasteiger partial charge on any atom is 0.159 e. The van der Waals surface area contributed by atoms with Crippen molar-refractivity contribution in [1.82, 2.24) is 9.97 Å². The second kappa shape index (κ2) is 3.91. The molecule has 1 heterocycles. The Hall–Kier alpha value is -1.70. The molecule has 0 atom stereocenters. The van der Waals surface area contributed by atoms with Gasteiger partial charge in [0.05, 0.1) is 0 Å². The van der Waals surface area contributed by atoms with Gasteiger partial charge in [-0.15, -0.1) is 0 Å². The highest BCUT2D eigenvalue weighted by Gasteiger charge is 2.38. The maximum absolute atomic E-state index is 4.50. The van der Waals surface area contributed by atoms with Crippen molar-refractivity contribution in [2.45, 2.75) is 39.0 Å². The third kappa shape index (κ3) is 2.03. The van der Waals surface area contributed by atoms with Gasteiger partial charge >= 0.3 is 0 Å². The van der Waals surface area contributed by atoms with E-state index in [1.807, 2.05) is 19.9 Å². The molecule has 0 saturated heterocycles. The molecule has 0 unspecified atom stereocenters. The molecule has 18 heavy (non-hydrogen) atoms. The third-order valence-electron chi connectivity index (χ3n) is 3.82. The van der Waals surface area contributed by atoms with Crippen LogP contribution in [-0.2, 0) is 5.41 Å². The van der Waals surface area contributed by atoms with Crippen LogP contribution in [-0.4, -0.2) is 9.97 Å². The van der Waals surface area contributed by atoms with Crippen LogP contribution in [0.3, 0.4) is 0 Å². The summed E-state index contributed by atoms with van der Waals surface area (Å²) in [4.78, 5) is 9.00. The van der Waals surface area contributed by atoms with E-state index >= 15 is 0 Å². The Balaban J connectivity index is 1.97. The van der Waals surface area contributed by atoms with Crippen LogP contribution in [0.2, 0.25) is 0 Å². The molecule has 0 radical (unpaired) electrons. The molecule has 0 spiro atoms. The zero-order valence-electron chi connectivity index (χ0n) is 11.2. The molecule has 0 aliphatic heterocycles. The summed E-state index contributed by atoms with van der Waals surface area (Å²) in [6.07, 6.45) is 2.62. The predicted molar refractivity (Wildman–Crippen MR) is 73.5 cm³/mol. The molecule has 1 saturated carbocycles. The van der Waals surface area contributed by atoms with Crippen molar-refractivity contribution in [2.24, 2.45) is 0 Å². The molecule has 2 aromatic rings. The summed E-state index contributed by atoms with van der Waals surface area (Å²) in [6, 6.07) is 10.7. The Labute approximate surface area is 108 Å². The molecule has 1 aromatic carbocycles. The first kappa shape index (κ1) is 11.4. The van der Waals surface area contributed by atoms with Gasteiger partial charge in [0.1, 0.15) is 0 Å². The Morgan fingerprint density at radius 1 is 0.944 bits per heavy atom. The van der Waals surface area contributed by atoms with Crippen molar-refractivity contribution in [3.8, 4) is 11.4 Å². The number of hydrogen-bond acceptors (Lipinski definition) is 2. The lowest BCUT2D eigenvalue weighted by Gasteiger charge is -2.09. The molecular formula is C16H18N2. The standard InChI is InChI=1S/C16H18N2/c1-11-10-12(2)18-15(17-11)13-4-6-14(7-5-13)16(3)8-9-16/h4-7,10H,8-9H2,1-3H3. The van der Waals surface area contributed by atoms with Crippen LogP contribution in [0.25, 0.3) is 11.4 Å². The molecule has 1 fully saturated rings. The summed E-state index contributed by atoms with van der Waals surface area (Å²) in [5.41, 5.74) is 5.03. The fourth-order valence-corrected chi connectivity index (χ4v) is 2.35. The van der Waals surface area contributed by atoms with Crippen LogP contribution in [0.4, 0.5) is 0 Å².